The minimum atomic E-state index is 0.722. The first-order valence-corrected chi connectivity index (χ1v) is 5.21. The number of hydrogen-bond acceptors (Lipinski definition) is 1. The molecule has 0 N–H and O–H groups in total. The van der Waals surface area contributed by atoms with Gasteiger partial charge in [-0.15, -0.1) is 0 Å². The fraction of sp³-hybridized carbons (Fsp3) is 0.462. The Morgan fingerprint density at radius 3 is 2.29 bits per heavy atom. The summed E-state index contributed by atoms with van der Waals surface area (Å²) in [6, 6.07) is 5.86. The molecule has 1 heteroatoms. The van der Waals surface area contributed by atoms with E-state index in [-0.39, 0.29) is 0 Å². The number of allylic oxidation sites excluding steroid dienone is 2. The van der Waals surface area contributed by atoms with E-state index in [1.54, 1.807) is 6.20 Å². The summed E-state index contributed by atoms with van der Waals surface area (Å²) >= 11 is 0. The van der Waals surface area contributed by atoms with Crippen molar-refractivity contribution in [3.05, 3.63) is 42.2 Å². The van der Waals surface area contributed by atoms with Gasteiger partial charge in [-0.3, -0.25) is 4.98 Å². The topological polar surface area (TPSA) is 12.9 Å². The number of hydrogen-bond donors (Lipinski definition) is 0. The van der Waals surface area contributed by atoms with Crippen molar-refractivity contribution in [2.24, 2.45) is 5.92 Å². The molecule has 1 rings (SSSR count). The first kappa shape index (κ1) is 12.9. The van der Waals surface area contributed by atoms with Gasteiger partial charge >= 0.3 is 0 Å². The molecule has 0 aliphatic rings. The molecule has 0 spiro atoms. The highest BCUT2D eigenvalue weighted by Crippen LogP contribution is 1.93. The van der Waals surface area contributed by atoms with E-state index < -0.39 is 0 Å². The van der Waals surface area contributed by atoms with Crippen molar-refractivity contribution in [3.63, 3.8) is 0 Å². The van der Waals surface area contributed by atoms with Gasteiger partial charge in [-0.05, 0) is 31.4 Å². The molecule has 0 saturated heterocycles. The molecule has 0 amide bonds. The lowest BCUT2D eigenvalue weighted by molar-refractivity contribution is 0.826. The number of pyridine rings is 1. The van der Waals surface area contributed by atoms with Crippen molar-refractivity contribution in [3.8, 4) is 0 Å². The van der Waals surface area contributed by atoms with E-state index in [1.807, 2.05) is 25.1 Å². The fourth-order valence-electron chi connectivity index (χ4n) is 0.856. The third-order valence-electron chi connectivity index (χ3n) is 1.57. The minimum absolute atomic E-state index is 0.722. The molecule has 0 atom stereocenters. The van der Waals surface area contributed by atoms with Crippen LogP contribution in [0.5, 0.6) is 0 Å². The first-order valence-electron chi connectivity index (χ1n) is 5.21. The Bertz CT molecular complexity index is 237. The normalized spacial score (nSPS) is 10.1. The molecule has 0 bridgehead atoms. The lowest BCUT2D eigenvalue weighted by Gasteiger charge is -1.88. The molecule has 14 heavy (non-hydrogen) atoms. The van der Waals surface area contributed by atoms with Crippen LogP contribution in [0.2, 0.25) is 0 Å². The lowest BCUT2D eigenvalue weighted by atomic mass is 10.2. The maximum absolute atomic E-state index is 3.98. The SMILES string of the molecule is CC/C=C\C(C)C.Cc1ccccn1. The number of nitrogens with zero attached hydrogens (tertiary/aromatic N) is 1. The van der Waals surface area contributed by atoms with Crippen molar-refractivity contribution < 1.29 is 0 Å². The molecule has 0 aromatic carbocycles. The van der Waals surface area contributed by atoms with Crippen molar-refractivity contribution in [2.45, 2.75) is 34.1 Å². The maximum atomic E-state index is 3.98. The van der Waals surface area contributed by atoms with Crippen LogP contribution >= 0.6 is 0 Å². The summed E-state index contributed by atoms with van der Waals surface area (Å²) in [6.07, 6.45) is 7.37. The number of aromatic nitrogens is 1. The van der Waals surface area contributed by atoms with Gasteiger partial charge in [0.25, 0.3) is 0 Å². The molecule has 78 valence electrons. The highest BCUT2D eigenvalue weighted by atomic mass is 14.6. The van der Waals surface area contributed by atoms with E-state index in [4.69, 9.17) is 0 Å². The fourth-order valence-corrected chi connectivity index (χ4v) is 0.856. The van der Waals surface area contributed by atoms with Gasteiger partial charge in [0.15, 0.2) is 0 Å². The summed E-state index contributed by atoms with van der Waals surface area (Å²) < 4.78 is 0. The second-order valence-electron chi connectivity index (χ2n) is 3.55. The Labute approximate surface area is 87.9 Å². The molecule has 0 aliphatic heterocycles. The summed E-state index contributed by atoms with van der Waals surface area (Å²) in [7, 11) is 0. The summed E-state index contributed by atoms with van der Waals surface area (Å²) in [5.74, 6) is 0.722. The van der Waals surface area contributed by atoms with Gasteiger partial charge in [0.2, 0.25) is 0 Å². The highest BCUT2D eigenvalue weighted by molar-refractivity contribution is 4.99. The Morgan fingerprint density at radius 2 is 2.07 bits per heavy atom. The van der Waals surface area contributed by atoms with Crippen molar-refractivity contribution in [1.82, 2.24) is 4.98 Å². The zero-order valence-electron chi connectivity index (χ0n) is 9.70. The van der Waals surface area contributed by atoms with Gasteiger partial charge < -0.3 is 0 Å². The van der Waals surface area contributed by atoms with Gasteiger partial charge in [-0.2, -0.15) is 0 Å². The minimum Gasteiger partial charge on any atom is -0.262 e. The summed E-state index contributed by atoms with van der Waals surface area (Å²) in [6.45, 7) is 8.50. The second kappa shape index (κ2) is 8.49. The van der Waals surface area contributed by atoms with E-state index in [9.17, 15) is 0 Å². The van der Waals surface area contributed by atoms with Gasteiger partial charge in [0.05, 0.1) is 0 Å². The number of rotatable bonds is 2. The molecule has 0 aliphatic carbocycles. The molecular formula is C13H21N. The highest BCUT2D eigenvalue weighted by Gasteiger charge is 1.78. The molecular weight excluding hydrogens is 170 g/mol. The lowest BCUT2D eigenvalue weighted by Crippen LogP contribution is -1.74. The standard InChI is InChI=1S/C7H14.C6H7N/c1-4-5-6-7(2)3;1-6-4-2-3-5-7-6/h5-7H,4H2,1-3H3;2-5H,1H3/b6-5-;. The van der Waals surface area contributed by atoms with Crippen LogP contribution < -0.4 is 0 Å². The quantitative estimate of drug-likeness (QED) is 0.644. The van der Waals surface area contributed by atoms with Crippen molar-refractivity contribution >= 4 is 0 Å². The van der Waals surface area contributed by atoms with Gasteiger partial charge in [-0.1, -0.05) is 39.0 Å². The third kappa shape index (κ3) is 8.98. The Kier molecular flexibility index (Phi) is 7.81. The molecule has 1 aromatic heterocycles. The van der Waals surface area contributed by atoms with Gasteiger partial charge in [0, 0.05) is 11.9 Å². The van der Waals surface area contributed by atoms with Crippen LogP contribution in [-0.2, 0) is 0 Å². The van der Waals surface area contributed by atoms with Gasteiger partial charge in [0.1, 0.15) is 0 Å². The molecule has 0 saturated carbocycles. The van der Waals surface area contributed by atoms with E-state index in [0.29, 0.717) is 0 Å². The smallest absolute Gasteiger partial charge is 0.0372 e. The van der Waals surface area contributed by atoms with E-state index in [0.717, 1.165) is 18.0 Å². The molecule has 0 unspecified atom stereocenters. The monoisotopic (exact) mass is 191 g/mol. The summed E-state index contributed by atoms with van der Waals surface area (Å²) in [5.41, 5.74) is 1.07. The Balaban J connectivity index is 0.000000241. The zero-order valence-corrected chi connectivity index (χ0v) is 9.70. The Morgan fingerprint density at radius 1 is 1.36 bits per heavy atom. The summed E-state index contributed by atoms with van der Waals surface area (Å²) in [5, 5.41) is 0. The predicted molar refractivity (Wildman–Crippen MR) is 63.2 cm³/mol. The van der Waals surface area contributed by atoms with E-state index >= 15 is 0 Å². The van der Waals surface area contributed by atoms with Crippen LogP contribution in [0.15, 0.2) is 36.5 Å². The van der Waals surface area contributed by atoms with Crippen LogP contribution in [0.1, 0.15) is 32.9 Å². The third-order valence-corrected chi connectivity index (χ3v) is 1.57. The molecule has 0 radical (unpaired) electrons. The van der Waals surface area contributed by atoms with Gasteiger partial charge in [-0.25, -0.2) is 0 Å². The van der Waals surface area contributed by atoms with Crippen LogP contribution in [0.25, 0.3) is 0 Å². The average molecular weight is 191 g/mol. The second-order valence-corrected chi connectivity index (χ2v) is 3.55. The van der Waals surface area contributed by atoms with E-state index in [2.05, 4.69) is 37.9 Å². The van der Waals surface area contributed by atoms with Crippen LogP contribution in [-0.4, -0.2) is 4.98 Å². The largest absolute Gasteiger partial charge is 0.262 e. The average Bonchev–Trinajstić information content (AvgIpc) is 2.17. The van der Waals surface area contributed by atoms with Crippen LogP contribution in [0, 0.1) is 12.8 Å². The molecule has 1 heterocycles. The van der Waals surface area contributed by atoms with E-state index in [1.165, 1.54) is 0 Å². The maximum Gasteiger partial charge on any atom is 0.0372 e. The molecule has 1 aromatic rings. The van der Waals surface area contributed by atoms with Crippen molar-refractivity contribution in [2.75, 3.05) is 0 Å². The van der Waals surface area contributed by atoms with Crippen molar-refractivity contribution in [1.29, 1.82) is 0 Å². The summed E-state index contributed by atoms with van der Waals surface area (Å²) in [4.78, 5) is 3.98. The molecule has 1 nitrogen and oxygen atoms in total. The molecule has 0 fully saturated rings. The first-order chi connectivity index (χ1) is 6.66. The van der Waals surface area contributed by atoms with Crippen LogP contribution in [0.4, 0.5) is 0 Å². The zero-order chi connectivity index (χ0) is 10.8. The van der Waals surface area contributed by atoms with Crippen LogP contribution in [0.3, 0.4) is 0 Å². The predicted octanol–water partition coefficient (Wildman–Crippen LogP) is 4.00. The number of aryl methyl sites for hydroxylation is 1. The Hall–Kier alpha value is -1.11.